The van der Waals surface area contributed by atoms with Crippen LogP contribution in [0.2, 0.25) is 0 Å². The van der Waals surface area contributed by atoms with E-state index in [1.165, 1.54) is 5.56 Å². The molecule has 0 amide bonds. The van der Waals surface area contributed by atoms with Gasteiger partial charge in [0.05, 0.1) is 11.1 Å². The van der Waals surface area contributed by atoms with Gasteiger partial charge < -0.3 is 18.6 Å². The van der Waals surface area contributed by atoms with Gasteiger partial charge in [0, 0.05) is 44.8 Å². The second-order valence-corrected chi connectivity index (χ2v) is 14.4. The van der Waals surface area contributed by atoms with Crippen LogP contribution in [0.5, 0.6) is 0 Å². The van der Waals surface area contributed by atoms with Crippen LogP contribution in [0.25, 0.3) is 66.4 Å². The molecule has 11 rings (SSSR count). The van der Waals surface area contributed by atoms with E-state index in [2.05, 4.69) is 180 Å². The molecule has 58 heavy (non-hydrogen) atoms. The molecule has 0 aliphatic rings. The molecule has 11 aromatic rings. The van der Waals surface area contributed by atoms with Gasteiger partial charge in [-0.2, -0.15) is 0 Å². The number of benzene rings is 9. The SMILES string of the molecule is c1ccc(-c2ccc(N(c3ccccc3)c3cc(N(c4ccccc4)c4ccc5oc6ccccc6c5c4)cc4ccc5nc(-c6ccccc6)oc5c34)cc2)cc1. The first-order valence-corrected chi connectivity index (χ1v) is 19.5. The van der Waals surface area contributed by atoms with E-state index in [4.69, 9.17) is 13.8 Å². The lowest BCUT2D eigenvalue weighted by Gasteiger charge is -2.30. The molecule has 0 spiro atoms. The van der Waals surface area contributed by atoms with Crippen molar-refractivity contribution in [3.63, 3.8) is 0 Å². The Morgan fingerprint density at radius 3 is 1.66 bits per heavy atom. The zero-order valence-electron chi connectivity index (χ0n) is 31.4. The number of aromatic nitrogens is 1. The van der Waals surface area contributed by atoms with Crippen LogP contribution in [0.4, 0.5) is 34.1 Å². The summed E-state index contributed by atoms with van der Waals surface area (Å²) in [7, 11) is 0. The van der Waals surface area contributed by atoms with E-state index in [-0.39, 0.29) is 0 Å². The number of anilines is 6. The molecule has 5 heteroatoms. The van der Waals surface area contributed by atoms with Gasteiger partial charge in [0.2, 0.25) is 5.89 Å². The van der Waals surface area contributed by atoms with Crippen LogP contribution in [0, 0.1) is 0 Å². The average molecular weight is 746 g/mol. The van der Waals surface area contributed by atoms with Crippen molar-refractivity contribution < 1.29 is 8.83 Å². The maximum Gasteiger partial charge on any atom is 0.227 e. The van der Waals surface area contributed by atoms with Gasteiger partial charge in [-0.15, -0.1) is 0 Å². The van der Waals surface area contributed by atoms with Crippen molar-refractivity contribution in [1.82, 2.24) is 4.98 Å². The van der Waals surface area contributed by atoms with E-state index in [0.29, 0.717) is 5.89 Å². The molecule has 0 saturated heterocycles. The second-order valence-electron chi connectivity index (χ2n) is 14.4. The molecule has 0 saturated carbocycles. The molecular formula is C53H35N3O2. The number of rotatable bonds is 8. The lowest BCUT2D eigenvalue weighted by atomic mass is 10.0. The molecule has 0 unspecified atom stereocenters. The Hall–Kier alpha value is -7.89. The van der Waals surface area contributed by atoms with Gasteiger partial charge in [-0.3, -0.25) is 0 Å². The molecule has 5 nitrogen and oxygen atoms in total. The summed E-state index contributed by atoms with van der Waals surface area (Å²) in [5, 5.41) is 4.14. The number of oxazole rings is 1. The van der Waals surface area contributed by atoms with Crippen molar-refractivity contribution in [2.24, 2.45) is 0 Å². The van der Waals surface area contributed by atoms with Crippen molar-refractivity contribution in [1.29, 1.82) is 0 Å². The van der Waals surface area contributed by atoms with Gasteiger partial charge in [0.15, 0.2) is 5.58 Å². The number of hydrogen-bond donors (Lipinski definition) is 0. The Labute approximate surface area is 335 Å². The van der Waals surface area contributed by atoms with E-state index >= 15 is 0 Å². The van der Waals surface area contributed by atoms with Gasteiger partial charge in [0.1, 0.15) is 16.7 Å². The van der Waals surface area contributed by atoms with Gasteiger partial charge >= 0.3 is 0 Å². The van der Waals surface area contributed by atoms with Crippen LogP contribution in [-0.2, 0) is 0 Å². The molecular weight excluding hydrogens is 711 g/mol. The Balaban J connectivity index is 1.19. The highest BCUT2D eigenvalue weighted by Crippen LogP contribution is 2.47. The standard InChI is InChI=1S/C53H35N3O2/c1-5-15-36(16-6-1)37-25-28-42(29-26-37)56(41-21-11-4-12-22-41)48-35-44(33-39-27-31-47-52(51(39)48)58-53(54-47)38-17-7-2-8-18-38)55(40-19-9-3-10-20-40)43-30-32-50-46(34-43)45-23-13-14-24-49(45)57-50/h1-35H. The predicted molar refractivity (Wildman–Crippen MR) is 239 cm³/mol. The summed E-state index contributed by atoms with van der Waals surface area (Å²) in [6.45, 7) is 0. The molecule has 0 N–H and O–H groups in total. The largest absolute Gasteiger partial charge is 0.456 e. The highest BCUT2D eigenvalue weighted by atomic mass is 16.3. The third kappa shape index (κ3) is 5.85. The van der Waals surface area contributed by atoms with E-state index in [1.807, 2.05) is 42.5 Å². The quantitative estimate of drug-likeness (QED) is 0.155. The minimum atomic E-state index is 0.586. The molecule has 0 aliphatic heterocycles. The smallest absolute Gasteiger partial charge is 0.227 e. The number of fused-ring (bicyclic) bond motifs is 6. The average Bonchev–Trinajstić information content (AvgIpc) is 3.90. The van der Waals surface area contributed by atoms with Crippen LogP contribution >= 0.6 is 0 Å². The Bertz CT molecular complexity index is 3210. The number of para-hydroxylation sites is 3. The summed E-state index contributed by atoms with van der Waals surface area (Å²) in [5.74, 6) is 0.586. The van der Waals surface area contributed by atoms with Crippen LogP contribution in [-0.4, -0.2) is 4.98 Å². The van der Waals surface area contributed by atoms with E-state index < -0.39 is 0 Å². The molecule has 9 aromatic carbocycles. The molecule has 0 aliphatic carbocycles. The first-order chi connectivity index (χ1) is 28.7. The molecule has 0 fully saturated rings. The van der Waals surface area contributed by atoms with E-state index in [1.54, 1.807) is 0 Å². The van der Waals surface area contributed by atoms with Crippen molar-refractivity contribution in [2.45, 2.75) is 0 Å². The summed E-state index contributed by atoms with van der Waals surface area (Å²) >= 11 is 0. The minimum absolute atomic E-state index is 0.586. The highest BCUT2D eigenvalue weighted by Gasteiger charge is 2.24. The zero-order chi connectivity index (χ0) is 38.4. The molecule has 2 aromatic heterocycles. The third-order valence-electron chi connectivity index (χ3n) is 10.8. The Morgan fingerprint density at radius 1 is 0.362 bits per heavy atom. The van der Waals surface area contributed by atoms with E-state index in [9.17, 15) is 0 Å². The molecule has 2 heterocycles. The predicted octanol–water partition coefficient (Wildman–Crippen LogP) is 15.2. The number of furan rings is 1. The van der Waals surface area contributed by atoms with Crippen molar-refractivity contribution in [2.75, 3.05) is 9.80 Å². The summed E-state index contributed by atoms with van der Waals surface area (Å²) in [6, 6.07) is 74.0. The van der Waals surface area contributed by atoms with Gasteiger partial charge in [0.25, 0.3) is 0 Å². The first-order valence-electron chi connectivity index (χ1n) is 19.5. The summed E-state index contributed by atoms with van der Waals surface area (Å²) in [5.41, 5.74) is 12.5. The van der Waals surface area contributed by atoms with Gasteiger partial charge in [-0.05, 0) is 108 Å². The summed E-state index contributed by atoms with van der Waals surface area (Å²) in [4.78, 5) is 9.68. The maximum atomic E-state index is 6.79. The normalized spacial score (nSPS) is 11.4. The number of hydrogen-bond acceptors (Lipinski definition) is 5. The Morgan fingerprint density at radius 2 is 0.931 bits per heavy atom. The van der Waals surface area contributed by atoms with Gasteiger partial charge in [-0.1, -0.05) is 121 Å². The topological polar surface area (TPSA) is 45.7 Å². The first kappa shape index (κ1) is 33.4. The van der Waals surface area contributed by atoms with Crippen molar-refractivity contribution >= 4 is 77.9 Å². The third-order valence-corrected chi connectivity index (χ3v) is 10.8. The monoisotopic (exact) mass is 745 g/mol. The highest BCUT2D eigenvalue weighted by molar-refractivity contribution is 6.14. The Kier molecular flexibility index (Phi) is 8.07. The fraction of sp³-hybridized carbons (Fsp3) is 0. The summed E-state index contributed by atoms with van der Waals surface area (Å²) in [6.07, 6.45) is 0. The molecule has 0 bridgehead atoms. The lowest BCUT2D eigenvalue weighted by molar-refractivity contribution is 0.623. The van der Waals surface area contributed by atoms with Gasteiger partial charge in [-0.25, -0.2) is 4.98 Å². The maximum absolute atomic E-state index is 6.79. The fourth-order valence-corrected chi connectivity index (χ4v) is 8.13. The molecule has 0 atom stereocenters. The van der Waals surface area contributed by atoms with Crippen LogP contribution in [0.3, 0.4) is 0 Å². The minimum Gasteiger partial charge on any atom is -0.456 e. The van der Waals surface area contributed by atoms with Crippen LogP contribution in [0.15, 0.2) is 221 Å². The lowest BCUT2D eigenvalue weighted by Crippen LogP contribution is -2.14. The fourth-order valence-electron chi connectivity index (χ4n) is 8.13. The van der Waals surface area contributed by atoms with E-state index in [0.717, 1.165) is 89.1 Å². The zero-order valence-corrected chi connectivity index (χ0v) is 31.4. The van der Waals surface area contributed by atoms with Crippen LogP contribution < -0.4 is 9.80 Å². The molecule has 274 valence electrons. The van der Waals surface area contributed by atoms with Crippen LogP contribution in [0.1, 0.15) is 0 Å². The number of nitrogens with zero attached hydrogens (tertiary/aromatic N) is 3. The van der Waals surface area contributed by atoms with Crippen molar-refractivity contribution in [3.8, 4) is 22.6 Å². The summed E-state index contributed by atoms with van der Waals surface area (Å²) < 4.78 is 13.1. The van der Waals surface area contributed by atoms with Crippen molar-refractivity contribution in [3.05, 3.63) is 212 Å². The molecule has 0 radical (unpaired) electrons. The second kappa shape index (κ2) is 14.0.